The molecule has 3 nitrogen and oxygen atoms in total. The van der Waals surface area contributed by atoms with Crippen molar-refractivity contribution in [3.8, 4) is 0 Å². The minimum absolute atomic E-state index is 0.326. The number of hydrogen-bond donors (Lipinski definition) is 2. The first-order chi connectivity index (χ1) is 7.74. The molecule has 2 saturated carbocycles. The number of fused-ring (bicyclic) bond motifs is 1. The van der Waals surface area contributed by atoms with Crippen molar-refractivity contribution >= 4 is 5.91 Å². The molecule has 3 aliphatic rings. The van der Waals surface area contributed by atoms with E-state index in [1.165, 1.54) is 12.8 Å². The topological polar surface area (TPSA) is 41.1 Å². The highest BCUT2D eigenvalue weighted by Gasteiger charge is 2.48. The van der Waals surface area contributed by atoms with Crippen LogP contribution >= 0.6 is 0 Å². The molecule has 3 heteroatoms. The van der Waals surface area contributed by atoms with Gasteiger partial charge in [-0.25, -0.2) is 0 Å². The largest absolute Gasteiger partial charge is 0.353 e. The molecule has 0 aromatic carbocycles. The van der Waals surface area contributed by atoms with Crippen LogP contribution in [0.1, 0.15) is 32.6 Å². The number of hydrogen-bond acceptors (Lipinski definition) is 2. The van der Waals surface area contributed by atoms with Crippen molar-refractivity contribution in [3.63, 3.8) is 0 Å². The lowest BCUT2D eigenvalue weighted by Crippen LogP contribution is -2.41. The SMILES string of the molecule is CC(NC(=O)C1CC2CC2C1)C1CCNC1. The van der Waals surface area contributed by atoms with Gasteiger partial charge in [-0.05, 0) is 63.5 Å². The minimum Gasteiger partial charge on any atom is -0.353 e. The molecule has 2 aliphatic carbocycles. The Morgan fingerprint density at radius 3 is 2.69 bits per heavy atom. The van der Waals surface area contributed by atoms with Gasteiger partial charge in [-0.1, -0.05) is 0 Å². The third-order valence-corrected chi connectivity index (χ3v) is 4.79. The Hall–Kier alpha value is -0.570. The monoisotopic (exact) mass is 222 g/mol. The molecule has 1 amide bonds. The molecule has 0 bridgehead atoms. The number of nitrogens with one attached hydrogen (secondary N) is 2. The molecular weight excluding hydrogens is 200 g/mol. The molecule has 4 atom stereocenters. The summed E-state index contributed by atoms with van der Waals surface area (Å²) in [4.78, 5) is 12.0. The minimum atomic E-state index is 0.326. The highest BCUT2D eigenvalue weighted by molar-refractivity contribution is 5.79. The van der Waals surface area contributed by atoms with E-state index in [1.807, 2.05) is 0 Å². The second kappa shape index (κ2) is 4.02. The van der Waals surface area contributed by atoms with E-state index < -0.39 is 0 Å². The van der Waals surface area contributed by atoms with Crippen LogP contribution in [-0.4, -0.2) is 25.0 Å². The predicted octanol–water partition coefficient (Wildman–Crippen LogP) is 1.15. The molecule has 90 valence electrons. The second-order valence-electron chi connectivity index (χ2n) is 5.97. The summed E-state index contributed by atoms with van der Waals surface area (Å²) in [6.07, 6.45) is 4.92. The first-order valence-corrected chi connectivity index (χ1v) is 6.75. The Labute approximate surface area is 97.4 Å². The Morgan fingerprint density at radius 1 is 1.31 bits per heavy atom. The van der Waals surface area contributed by atoms with Gasteiger partial charge in [0.15, 0.2) is 0 Å². The molecular formula is C13H22N2O. The van der Waals surface area contributed by atoms with Crippen molar-refractivity contribution < 1.29 is 4.79 Å². The number of rotatable bonds is 3. The van der Waals surface area contributed by atoms with Crippen LogP contribution < -0.4 is 10.6 Å². The zero-order chi connectivity index (χ0) is 11.1. The van der Waals surface area contributed by atoms with E-state index in [0.717, 1.165) is 37.8 Å². The van der Waals surface area contributed by atoms with E-state index in [0.29, 0.717) is 23.8 Å². The van der Waals surface area contributed by atoms with Crippen LogP contribution in [0.4, 0.5) is 0 Å². The Morgan fingerprint density at radius 2 is 2.06 bits per heavy atom. The first kappa shape index (κ1) is 10.6. The molecule has 3 rings (SSSR count). The third kappa shape index (κ3) is 1.97. The maximum absolute atomic E-state index is 12.0. The molecule has 0 spiro atoms. The number of carbonyl (C=O) groups is 1. The smallest absolute Gasteiger partial charge is 0.223 e. The Kier molecular flexibility index (Phi) is 2.66. The van der Waals surface area contributed by atoms with E-state index in [9.17, 15) is 4.79 Å². The fraction of sp³-hybridized carbons (Fsp3) is 0.923. The molecule has 3 fully saturated rings. The van der Waals surface area contributed by atoms with Gasteiger partial charge in [0.2, 0.25) is 5.91 Å². The van der Waals surface area contributed by atoms with Gasteiger partial charge in [0, 0.05) is 12.0 Å². The van der Waals surface area contributed by atoms with E-state index >= 15 is 0 Å². The van der Waals surface area contributed by atoms with E-state index in [2.05, 4.69) is 17.6 Å². The van der Waals surface area contributed by atoms with Crippen molar-refractivity contribution in [3.05, 3.63) is 0 Å². The van der Waals surface area contributed by atoms with E-state index in [1.54, 1.807) is 0 Å². The molecule has 0 aromatic heterocycles. The lowest BCUT2D eigenvalue weighted by molar-refractivity contribution is -0.126. The summed E-state index contributed by atoms with van der Waals surface area (Å²) in [6.45, 7) is 4.33. The molecule has 0 aromatic rings. The zero-order valence-corrected chi connectivity index (χ0v) is 10.0. The summed E-state index contributed by atoms with van der Waals surface area (Å²) in [5.41, 5.74) is 0. The Bertz CT molecular complexity index is 276. The standard InChI is InChI=1S/C13H22N2O/c1-8(9-2-3-14-7-9)15-13(16)12-5-10-4-11(10)6-12/h8-12,14H,2-7H2,1H3,(H,15,16). The fourth-order valence-corrected chi connectivity index (χ4v) is 3.49. The average molecular weight is 222 g/mol. The van der Waals surface area contributed by atoms with E-state index in [4.69, 9.17) is 0 Å². The van der Waals surface area contributed by atoms with Crippen molar-refractivity contribution in [2.24, 2.45) is 23.7 Å². The van der Waals surface area contributed by atoms with Crippen LogP contribution in [0.5, 0.6) is 0 Å². The van der Waals surface area contributed by atoms with E-state index in [-0.39, 0.29) is 0 Å². The highest BCUT2D eigenvalue weighted by Crippen LogP contribution is 2.54. The maximum atomic E-state index is 12.0. The summed E-state index contributed by atoms with van der Waals surface area (Å²) in [5.74, 6) is 3.10. The number of amides is 1. The molecule has 4 unspecified atom stereocenters. The van der Waals surface area contributed by atoms with Crippen molar-refractivity contribution in [1.29, 1.82) is 0 Å². The molecule has 1 aliphatic heterocycles. The Balaban J connectivity index is 1.48. The lowest BCUT2D eigenvalue weighted by Gasteiger charge is -2.22. The fourth-order valence-electron chi connectivity index (χ4n) is 3.49. The molecule has 1 saturated heterocycles. The van der Waals surface area contributed by atoms with Gasteiger partial charge in [0.05, 0.1) is 0 Å². The van der Waals surface area contributed by atoms with Gasteiger partial charge >= 0.3 is 0 Å². The highest BCUT2D eigenvalue weighted by atomic mass is 16.1. The zero-order valence-electron chi connectivity index (χ0n) is 10.0. The number of carbonyl (C=O) groups excluding carboxylic acids is 1. The molecule has 16 heavy (non-hydrogen) atoms. The van der Waals surface area contributed by atoms with Crippen molar-refractivity contribution in [2.75, 3.05) is 13.1 Å². The average Bonchev–Trinajstić information content (AvgIpc) is 2.77. The van der Waals surface area contributed by atoms with Crippen LogP contribution in [0.2, 0.25) is 0 Å². The molecule has 1 heterocycles. The summed E-state index contributed by atoms with van der Waals surface area (Å²) < 4.78 is 0. The molecule has 2 N–H and O–H groups in total. The van der Waals surface area contributed by atoms with Crippen LogP contribution in [0.15, 0.2) is 0 Å². The van der Waals surface area contributed by atoms with Gasteiger partial charge in [-0.3, -0.25) is 4.79 Å². The normalized spacial score (nSPS) is 42.8. The maximum Gasteiger partial charge on any atom is 0.223 e. The van der Waals surface area contributed by atoms with Crippen molar-refractivity contribution in [1.82, 2.24) is 10.6 Å². The summed E-state index contributed by atoms with van der Waals surface area (Å²) >= 11 is 0. The third-order valence-electron chi connectivity index (χ3n) is 4.79. The van der Waals surface area contributed by atoms with Crippen LogP contribution in [0.3, 0.4) is 0 Å². The van der Waals surface area contributed by atoms with Crippen LogP contribution in [0.25, 0.3) is 0 Å². The lowest BCUT2D eigenvalue weighted by atomic mass is 9.98. The van der Waals surface area contributed by atoms with Gasteiger partial charge in [0.1, 0.15) is 0 Å². The van der Waals surface area contributed by atoms with Crippen LogP contribution in [-0.2, 0) is 4.79 Å². The summed E-state index contributed by atoms with van der Waals surface area (Å²) in [7, 11) is 0. The first-order valence-electron chi connectivity index (χ1n) is 6.75. The quantitative estimate of drug-likeness (QED) is 0.752. The second-order valence-corrected chi connectivity index (χ2v) is 5.97. The van der Waals surface area contributed by atoms with Crippen LogP contribution in [0, 0.1) is 23.7 Å². The van der Waals surface area contributed by atoms with Gasteiger partial charge in [-0.2, -0.15) is 0 Å². The summed E-state index contributed by atoms with van der Waals surface area (Å²) in [5, 5.41) is 6.58. The molecule has 0 radical (unpaired) electrons. The predicted molar refractivity (Wildman–Crippen MR) is 62.9 cm³/mol. The van der Waals surface area contributed by atoms with Gasteiger partial charge < -0.3 is 10.6 Å². The van der Waals surface area contributed by atoms with Crippen molar-refractivity contribution in [2.45, 2.75) is 38.6 Å². The van der Waals surface area contributed by atoms with Gasteiger partial charge in [0.25, 0.3) is 0 Å². The summed E-state index contributed by atoms with van der Waals surface area (Å²) in [6, 6.07) is 0.347. The van der Waals surface area contributed by atoms with Gasteiger partial charge in [-0.15, -0.1) is 0 Å².